The smallest absolute Gasteiger partial charge is 0.412 e. The van der Waals surface area contributed by atoms with Crippen molar-refractivity contribution in [1.29, 1.82) is 0 Å². The molecule has 0 radical (unpaired) electrons. The highest BCUT2D eigenvalue weighted by Gasteiger charge is 2.26. The molecule has 4 rings (SSSR count). The van der Waals surface area contributed by atoms with E-state index in [1.807, 2.05) is 62.3 Å². The Balaban J connectivity index is 1.62. The Morgan fingerprint density at radius 2 is 1.62 bits per heavy atom. The van der Waals surface area contributed by atoms with Gasteiger partial charge in [-0.1, -0.05) is 36.4 Å². The van der Waals surface area contributed by atoms with E-state index in [4.69, 9.17) is 14.2 Å². The normalized spacial score (nSPS) is 13.3. The second-order valence-electron chi connectivity index (χ2n) is 10.2. The van der Waals surface area contributed by atoms with Crippen LogP contribution in [0.15, 0.2) is 66.2 Å². The number of nitrogens with zero attached hydrogens (tertiary/aromatic N) is 1. The van der Waals surface area contributed by atoms with Crippen LogP contribution in [0.1, 0.15) is 35.6 Å². The van der Waals surface area contributed by atoms with Gasteiger partial charge in [0.2, 0.25) is 11.7 Å². The number of allylic oxidation sites excluding steroid dienone is 2. The maximum absolute atomic E-state index is 14.4. The zero-order valence-electron chi connectivity index (χ0n) is 24.5. The topological polar surface area (TPSA) is 89.1 Å². The van der Waals surface area contributed by atoms with Crippen LogP contribution >= 0.6 is 0 Å². The fraction of sp³-hybridized carbons (Fsp3) is 0.273. The van der Waals surface area contributed by atoms with Crippen molar-refractivity contribution in [2.45, 2.75) is 19.9 Å². The summed E-state index contributed by atoms with van der Waals surface area (Å²) in [6, 6.07) is 17.7. The Bertz CT molecular complexity index is 1490. The second-order valence-corrected chi connectivity index (χ2v) is 10.2. The van der Waals surface area contributed by atoms with E-state index in [9.17, 15) is 14.0 Å². The third kappa shape index (κ3) is 7.36. The Morgan fingerprint density at radius 3 is 2.26 bits per heavy atom. The predicted molar refractivity (Wildman–Crippen MR) is 162 cm³/mol. The number of rotatable bonds is 11. The minimum Gasteiger partial charge on any atom is -0.493 e. The number of hydrogen-bond donors (Lipinski definition) is 2. The summed E-state index contributed by atoms with van der Waals surface area (Å²) >= 11 is 0. The van der Waals surface area contributed by atoms with Gasteiger partial charge < -0.3 is 29.7 Å². The van der Waals surface area contributed by atoms with Crippen LogP contribution in [0, 0.1) is 5.82 Å². The highest BCUT2D eigenvalue weighted by atomic mass is 19.1. The first kappa shape index (κ1) is 30.3. The molecule has 3 aromatic carbocycles. The Kier molecular flexibility index (Phi) is 9.98. The van der Waals surface area contributed by atoms with Gasteiger partial charge in [0.05, 0.1) is 20.6 Å². The SMILES string of the molecule is COc1cc(/C=C2/C(C)=C(CC(=O)NCc3ccccc3)c3cc(F)ccc32)cc(OC)c1OC(=O)NCCN(C)C. The monoisotopic (exact) mass is 573 g/mol. The first-order valence-electron chi connectivity index (χ1n) is 13.6. The van der Waals surface area contributed by atoms with Crippen molar-refractivity contribution in [1.82, 2.24) is 15.5 Å². The fourth-order valence-electron chi connectivity index (χ4n) is 4.76. The van der Waals surface area contributed by atoms with E-state index in [-0.39, 0.29) is 23.9 Å². The molecule has 0 spiro atoms. The number of carbonyl (C=O) groups is 2. The van der Waals surface area contributed by atoms with Crippen LogP contribution in [0.4, 0.5) is 9.18 Å². The molecule has 2 amide bonds. The first-order valence-corrected chi connectivity index (χ1v) is 13.6. The van der Waals surface area contributed by atoms with Gasteiger partial charge in [-0.05, 0) is 90.3 Å². The second kappa shape index (κ2) is 13.8. The molecular formula is C33H36FN3O5. The summed E-state index contributed by atoms with van der Waals surface area (Å²) in [5.74, 6) is 0.241. The predicted octanol–water partition coefficient (Wildman–Crippen LogP) is 5.53. The largest absolute Gasteiger partial charge is 0.493 e. The number of fused-ring (bicyclic) bond motifs is 1. The number of benzene rings is 3. The number of amides is 2. The number of nitrogens with one attached hydrogen (secondary N) is 2. The number of hydrogen-bond acceptors (Lipinski definition) is 6. The van der Waals surface area contributed by atoms with Crippen LogP contribution in [0.25, 0.3) is 17.2 Å². The van der Waals surface area contributed by atoms with Crippen molar-refractivity contribution in [3.63, 3.8) is 0 Å². The van der Waals surface area contributed by atoms with Crippen molar-refractivity contribution in [2.75, 3.05) is 41.4 Å². The van der Waals surface area contributed by atoms with Crippen LogP contribution in [-0.2, 0) is 11.3 Å². The van der Waals surface area contributed by atoms with Crippen molar-refractivity contribution >= 4 is 29.2 Å². The van der Waals surface area contributed by atoms with E-state index in [1.165, 1.54) is 26.4 Å². The number of halogens is 1. The Hall–Kier alpha value is -4.63. The van der Waals surface area contributed by atoms with E-state index in [2.05, 4.69) is 10.6 Å². The zero-order chi connectivity index (χ0) is 30.2. The molecule has 0 saturated heterocycles. The molecule has 3 aromatic rings. The molecular weight excluding hydrogens is 537 g/mol. The highest BCUT2D eigenvalue weighted by Crippen LogP contribution is 2.45. The summed E-state index contributed by atoms with van der Waals surface area (Å²) in [5, 5.41) is 5.66. The zero-order valence-corrected chi connectivity index (χ0v) is 24.5. The van der Waals surface area contributed by atoms with Gasteiger partial charge >= 0.3 is 6.09 Å². The van der Waals surface area contributed by atoms with Gasteiger partial charge in [-0.15, -0.1) is 0 Å². The first-order chi connectivity index (χ1) is 20.2. The lowest BCUT2D eigenvalue weighted by atomic mass is 10.00. The summed E-state index contributed by atoms with van der Waals surface area (Å²) in [4.78, 5) is 27.3. The standard InChI is InChI=1S/C33H36FN3O5/c1-21-26(15-23-16-29(40-4)32(30(17-23)41-5)42-33(39)35-13-14-37(2)3)25-12-11-24(34)18-28(25)27(21)19-31(38)36-20-22-9-7-6-8-10-22/h6-12,15-18H,13-14,19-20H2,1-5H3,(H,35,39)(H,36,38)/b26-15-. The molecule has 0 saturated carbocycles. The molecule has 0 aromatic heterocycles. The van der Waals surface area contributed by atoms with Gasteiger partial charge in [0.25, 0.3) is 0 Å². The van der Waals surface area contributed by atoms with Gasteiger partial charge in [-0.2, -0.15) is 0 Å². The van der Waals surface area contributed by atoms with E-state index < -0.39 is 6.09 Å². The van der Waals surface area contributed by atoms with E-state index >= 15 is 0 Å². The van der Waals surface area contributed by atoms with Crippen molar-refractivity contribution in [3.8, 4) is 17.2 Å². The maximum Gasteiger partial charge on any atom is 0.412 e. The molecule has 220 valence electrons. The summed E-state index contributed by atoms with van der Waals surface area (Å²) in [7, 11) is 6.78. The minimum atomic E-state index is -0.625. The molecule has 0 atom stereocenters. The molecule has 0 fully saturated rings. The third-order valence-corrected chi connectivity index (χ3v) is 6.94. The maximum atomic E-state index is 14.4. The van der Waals surface area contributed by atoms with Crippen LogP contribution in [0.5, 0.6) is 17.2 Å². The molecule has 42 heavy (non-hydrogen) atoms. The van der Waals surface area contributed by atoms with Gasteiger partial charge in [-0.3, -0.25) is 4.79 Å². The quantitative estimate of drug-likeness (QED) is 0.314. The third-order valence-electron chi connectivity index (χ3n) is 6.94. The minimum absolute atomic E-state index is 0.106. The summed E-state index contributed by atoms with van der Waals surface area (Å²) < 4.78 is 31.0. The molecule has 0 aliphatic heterocycles. The van der Waals surface area contributed by atoms with Crippen LogP contribution in [0.3, 0.4) is 0 Å². The van der Waals surface area contributed by atoms with Crippen LogP contribution < -0.4 is 24.8 Å². The molecule has 1 aliphatic carbocycles. The average molecular weight is 574 g/mol. The lowest BCUT2D eigenvalue weighted by molar-refractivity contribution is -0.120. The summed E-state index contributed by atoms with van der Waals surface area (Å²) in [6.07, 6.45) is 1.40. The van der Waals surface area contributed by atoms with Crippen molar-refractivity contribution < 1.29 is 28.2 Å². The summed E-state index contributed by atoms with van der Waals surface area (Å²) in [5.41, 5.74) is 5.67. The number of carbonyl (C=O) groups excluding carboxylic acids is 2. The Morgan fingerprint density at radius 1 is 0.929 bits per heavy atom. The van der Waals surface area contributed by atoms with E-state index in [0.29, 0.717) is 42.3 Å². The fourth-order valence-corrected chi connectivity index (χ4v) is 4.76. The van der Waals surface area contributed by atoms with E-state index in [1.54, 1.807) is 18.2 Å². The van der Waals surface area contributed by atoms with Crippen LogP contribution in [0.2, 0.25) is 0 Å². The van der Waals surface area contributed by atoms with Crippen LogP contribution in [-0.4, -0.2) is 58.3 Å². The molecule has 9 heteroatoms. The number of methoxy groups -OCH3 is 2. The molecule has 0 heterocycles. The molecule has 1 aliphatic rings. The van der Waals surface area contributed by atoms with Crippen molar-refractivity contribution in [2.24, 2.45) is 0 Å². The molecule has 0 unspecified atom stereocenters. The molecule has 8 nitrogen and oxygen atoms in total. The number of likely N-dealkylation sites (N-methyl/N-ethyl adjacent to an activating group) is 1. The highest BCUT2D eigenvalue weighted by molar-refractivity contribution is 6.08. The average Bonchev–Trinajstić information content (AvgIpc) is 3.21. The van der Waals surface area contributed by atoms with Gasteiger partial charge in [0.15, 0.2) is 11.5 Å². The lowest BCUT2D eigenvalue weighted by Crippen LogP contribution is -2.33. The lowest BCUT2D eigenvalue weighted by Gasteiger charge is -2.16. The van der Waals surface area contributed by atoms with Gasteiger partial charge in [0.1, 0.15) is 5.82 Å². The number of ether oxygens (including phenoxy) is 3. The van der Waals surface area contributed by atoms with E-state index in [0.717, 1.165) is 27.8 Å². The molecule has 0 bridgehead atoms. The Labute approximate surface area is 245 Å². The summed E-state index contributed by atoms with van der Waals surface area (Å²) in [6.45, 7) is 3.41. The van der Waals surface area contributed by atoms with Gasteiger partial charge in [-0.25, -0.2) is 9.18 Å². The molecule has 2 N–H and O–H groups in total. The van der Waals surface area contributed by atoms with Crippen molar-refractivity contribution in [3.05, 3.63) is 94.3 Å². The van der Waals surface area contributed by atoms with Gasteiger partial charge in [0, 0.05) is 19.6 Å².